The minimum Gasteiger partial charge on any atom is -0.495 e. The maximum absolute atomic E-state index is 9.30. The van der Waals surface area contributed by atoms with Crippen molar-refractivity contribution in [3.8, 4) is 5.75 Å². The molecule has 0 aliphatic carbocycles. The molecule has 0 aromatic carbocycles. The first kappa shape index (κ1) is 9.99. The Morgan fingerprint density at radius 2 is 2.31 bits per heavy atom. The number of aliphatic hydroxyl groups is 1. The summed E-state index contributed by atoms with van der Waals surface area (Å²) in [4.78, 5) is 4.08. The van der Waals surface area contributed by atoms with Gasteiger partial charge in [-0.1, -0.05) is 6.92 Å². The highest BCUT2D eigenvalue weighted by Crippen LogP contribution is 2.20. The molecule has 0 bridgehead atoms. The van der Waals surface area contributed by atoms with Gasteiger partial charge in [0.15, 0.2) is 0 Å². The maximum atomic E-state index is 9.30. The molecule has 3 nitrogen and oxygen atoms in total. The van der Waals surface area contributed by atoms with Gasteiger partial charge in [-0.25, -0.2) is 0 Å². The van der Waals surface area contributed by atoms with Gasteiger partial charge in [-0.15, -0.1) is 0 Å². The molecule has 1 heterocycles. The fraction of sp³-hybridized carbons (Fsp3) is 0.500. The summed E-state index contributed by atoms with van der Waals surface area (Å²) in [5, 5.41) is 9.30. The van der Waals surface area contributed by atoms with Crippen LogP contribution in [-0.4, -0.2) is 17.2 Å². The van der Waals surface area contributed by atoms with E-state index in [1.165, 1.54) is 0 Å². The van der Waals surface area contributed by atoms with Crippen molar-refractivity contribution in [2.75, 3.05) is 7.11 Å². The molecule has 0 aliphatic rings. The Hall–Kier alpha value is -1.09. The number of nitrogens with zero attached hydrogens (tertiary/aromatic N) is 1. The van der Waals surface area contributed by atoms with Crippen LogP contribution in [-0.2, 0) is 6.42 Å². The average Bonchev–Trinajstić information content (AvgIpc) is 2.16. The van der Waals surface area contributed by atoms with Crippen molar-refractivity contribution in [2.45, 2.75) is 26.4 Å². The summed E-state index contributed by atoms with van der Waals surface area (Å²) in [5.41, 5.74) is 1.77. The lowest BCUT2D eigenvalue weighted by Crippen LogP contribution is -1.99. The molecule has 0 radical (unpaired) electrons. The van der Waals surface area contributed by atoms with E-state index in [4.69, 9.17) is 4.74 Å². The molecular weight excluding hydrogens is 166 g/mol. The Morgan fingerprint density at radius 1 is 1.62 bits per heavy atom. The van der Waals surface area contributed by atoms with Crippen LogP contribution in [0.25, 0.3) is 0 Å². The van der Waals surface area contributed by atoms with Gasteiger partial charge in [-0.2, -0.15) is 0 Å². The van der Waals surface area contributed by atoms with E-state index in [9.17, 15) is 5.11 Å². The molecule has 1 atom stereocenters. The summed E-state index contributed by atoms with van der Waals surface area (Å²) in [5.74, 6) is 0.784. The van der Waals surface area contributed by atoms with Crippen molar-refractivity contribution in [1.82, 2.24) is 4.98 Å². The van der Waals surface area contributed by atoms with Crippen LogP contribution in [0.5, 0.6) is 5.75 Å². The topological polar surface area (TPSA) is 42.4 Å². The minimum absolute atomic E-state index is 0.517. The van der Waals surface area contributed by atoms with Crippen molar-refractivity contribution < 1.29 is 9.84 Å². The van der Waals surface area contributed by atoms with Crippen molar-refractivity contribution in [3.63, 3.8) is 0 Å². The average molecular weight is 181 g/mol. The number of aliphatic hydroxyl groups excluding tert-OH is 1. The second-order valence-electron chi connectivity index (χ2n) is 2.95. The largest absolute Gasteiger partial charge is 0.495 e. The summed E-state index contributed by atoms with van der Waals surface area (Å²) in [6, 6.07) is 1.88. The van der Waals surface area contributed by atoms with Crippen LogP contribution < -0.4 is 4.74 Å². The molecule has 0 saturated heterocycles. The van der Waals surface area contributed by atoms with Crippen LogP contribution in [0.2, 0.25) is 0 Å². The van der Waals surface area contributed by atoms with Gasteiger partial charge in [0.1, 0.15) is 5.75 Å². The van der Waals surface area contributed by atoms with E-state index in [2.05, 4.69) is 4.98 Å². The highest BCUT2D eigenvalue weighted by atomic mass is 16.5. The van der Waals surface area contributed by atoms with Crippen LogP contribution in [0.3, 0.4) is 0 Å². The van der Waals surface area contributed by atoms with Crippen LogP contribution in [0, 0.1) is 0 Å². The van der Waals surface area contributed by atoms with E-state index < -0.39 is 6.10 Å². The predicted octanol–water partition coefficient (Wildman–Crippen LogP) is 1.71. The molecule has 1 aromatic heterocycles. The van der Waals surface area contributed by atoms with E-state index >= 15 is 0 Å². The van der Waals surface area contributed by atoms with Gasteiger partial charge < -0.3 is 9.84 Å². The number of ether oxygens (including phenoxy) is 1. The lowest BCUT2D eigenvalue weighted by molar-refractivity contribution is 0.194. The fourth-order valence-corrected chi connectivity index (χ4v) is 1.19. The molecule has 0 spiro atoms. The van der Waals surface area contributed by atoms with E-state index in [0.29, 0.717) is 5.69 Å². The quantitative estimate of drug-likeness (QED) is 0.771. The standard InChI is InChI=1S/C10H15NO2/c1-4-8-5-9(7(2)12)11-6-10(8)13-3/h5-7,12H,4H2,1-3H3. The maximum Gasteiger partial charge on any atom is 0.140 e. The molecule has 13 heavy (non-hydrogen) atoms. The van der Waals surface area contributed by atoms with E-state index in [-0.39, 0.29) is 0 Å². The van der Waals surface area contributed by atoms with Crippen LogP contribution in [0.4, 0.5) is 0 Å². The number of rotatable bonds is 3. The van der Waals surface area contributed by atoms with Crippen molar-refractivity contribution in [3.05, 3.63) is 23.5 Å². The highest BCUT2D eigenvalue weighted by Gasteiger charge is 2.07. The summed E-state index contributed by atoms with van der Waals surface area (Å²) in [6.07, 6.45) is 2.02. The molecule has 1 unspecified atom stereocenters. The Bertz CT molecular complexity index is 284. The predicted molar refractivity (Wildman–Crippen MR) is 50.8 cm³/mol. The Kier molecular flexibility index (Phi) is 3.25. The summed E-state index contributed by atoms with van der Waals surface area (Å²) >= 11 is 0. The van der Waals surface area contributed by atoms with Gasteiger partial charge >= 0.3 is 0 Å². The molecule has 72 valence electrons. The molecule has 1 aromatic rings. The number of pyridine rings is 1. The van der Waals surface area contributed by atoms with Crippen LogP contribution in [0.15, 0.2) is 12.3 Å². The Balaban J connectivity index is 3.05. The van der Waals surface area contributed by atoms with E-state index in [0.717, 1.165) is 17.7 Å². The zero-order valence-corrected chi connectivity index (χ0v) is 8.24. The number of hydrogen-bond acceptors (Lipinski definition) is 3. The van der Waals surface area contributed by atoms with Gasteiger partial charge in [0.2, 0.25) is 0 Å². The second-order valence-corrected chi connectivity index (χ2v) is 2.95. The first-order valence-electron chi connectivity index (χ1n) is 4.40. The van der Waals surface area contributed by atoms with Crippen molar-refractivity contribution in [2.24, 2.45) is 0 Å². The lowest BCUT2D eigenvalue weighted by Gasteiger charge is -2.09. The molecule has 1 N–H and O–H groups in total. The molecule has 0 saturated carbocycles. The fourth-order valence-electron chi connectivity index (χ4n) is 1.19. The number of aryl methyl sites for hydroxylation is 1. The summed E-state index contributed by atoms with van der Waals surface area (Å²) < 4.78 is 5.13. The highest BCUT2D eigenvalue weighted by molar-refractivity contribution is 5.32. The van der Waals surface area contributed by atoms with Gasteiger partial charge in [-0.05, 0) is 25.0 Å². The van der Waals surface area contributed by atoms with Crippen molar-refractivity contribution >= 4 is 0 Å². The lowest BCUT2D eigenvalue weighted by atomic mass is 10.1. The SMILES string of the molecule is CCc1cc(C(C)O)ncc1OC. The normalized spacial score (nSPS) is 12.6. The first-order valence-corrected chi connectivity index (χ1v) is 4.40. The molecule has 0 amide bonds. The Labute approximate surface area is 78.4 Å². The molecule has 0 aliphatic heterocycles. The van der Waals surface area contributed by atoms with Crippen LogP contribution >= 0.6 is 0 Å². The minimum atomic E-state index is -0.517. The van der Waals surface area contributed by atoms with E-state index in [1.54, 1.807) is 20.2 Å². The third-order valence-corrected chi connectivity index (χ3v) is 2.00. The van der Waals surface area contributed by atoms with Crippen LogP contribution in [0.1, 0.15) is 31.2 Å². The van der Waals surface area contributed by atoms with Gasteiger partial charge in [0, 0.05) is 0 Å². The monoisotopic (exact) mass is 181 g/mol. The van der Waals surface area contributed by atoms with E-state index in [1.807, 2.05) is 13.0 Å². The molecular formula is C10H15NO2. The smallest absolute Gasteiger partial charge is 0.140 e. The number of hydrogen-bond donors (Lipinski definition) is 1. The zero-order chi connectivity index (χ0) is 9.84. The second kappa shape index (κ2) is 4.23. The first-order chi connectivity index (χ1) is 6.19. The van der Waals surface area contributed by atoms with Gasteiger partial charge in [-0.3, -0.25) is 4.98 Å². The third kappa shape index (κ3) is 2.18. The molecule has 3 heteroatoms. The number of aromatic nitrogens is 1. The summed E-state index contributed by atoms with van der Waals surface area (Å²) in [6.45, 7) is 3.75. The summed E-state index contributed by atoms with van der Waals surface area (Å²) in [7, 11) is 1.62. The number of methoxy groups -OCH3 is 1. The van der Waals surface area contributed by atoms with Gasteiger partial charge in [0.05, 0.1) is 25.1 Å². The Morgan fingerprint density at radius 3 is 2.77 bits per heavy atom. The zero-order valence-electron chi connectivity index (χ0n) is 8.24. The van der Waals surface area contributed by atoms with Crippen molar-refractivity contribution in [1.29, 1.82) is 0 Å². The molecule has 0 fully saturated rings. The van der Waals surface area contributed by atoms with Gasteiger partial charge in [0.25, 0.3) is 0 Å². The third-order valence-electron chi connectivity index (χ3n) is 2.00. The molecule has 1 rings (SSSR count).